The molecule has 0 saturated carbocycles. The van der Waals surface area contributed by atoms with Gasteiger partial charge in [0.2, 0.25) is 5.28 Å². The molecule has 0 bridgehead atoms. The molecule has 1 aliphatic heterocycles. The summed E-state index contributed by atoms with van der Waals surface area (Å²) in [6, 6.07) is 6.51. The zero-order chi connectivity index (χ0) is 22.0. The van der Waals surface area contributed by atoms with Crippen molar-refractivity contribution in [2.75, 3.05) is 56.3 Å². The lowest BCUT2D eigenvalue weighted by Crippen LogP contribution is -2.47. The summed E-state index contributed by atoms with van der Waals surface area (Å²) >= 11 is 7.46. The van der Waals surface area contributed by atoms with Gasteiger partial charge < -0.3 is 19.3 Å². The largest absolute Gasteiger partial charge is 0.459 e. The molecule has 164 valence electrons. The summed E-state index contributed by atoms with van der Waals surface area (Å²) in [5.41, 5.74) is 1.77. The molecule has 7 nitrogen and oxygen atoms in total. The highest BCUT2D eigenvalue weighted by Gasteiger charge is 2.26. The van der Waals surface area contributed by atoms with Gasteiger partial charge in [-0.15, -0.1) is 11.3 Å². The van der Waals surface area contributed by atoms with Gasteiger partial charge in [-0.3, -0.25) is 0 Å². The highest BCUT2D eigenvalue weighted by atomic mass is 35.5. The smallest absolute Gasteiger partial charge is 0.348 e. The number of benzene rings is 1. The fourth-order valence-corrected chi connectivity index (χ4v) is 4.91. The third-order valence-corrected chi connectivity index (χ3v) is 6.56. The molecule has 1 saturated heterocycles. The number of nitrogens with zero attached hydrogens (tertiary/aromatic N) is 4. The topological polar surface area (TPSA) is 67.8 Å². The predicted octanol–water partition coefficient (Wildman–Crippen LogP) is 3.92. The monoisotopic (exact) mass is 464 g/mol. The zero-order valence-corrected chi connectivity index (χ0v) is 18.8. The Kier molecular flexibility index (Phi) is 6.54. The number of piperazine rings is 1. The Morgan fingerprint density at radius 2 is 1.81 bits per heavy atom. The van der Waals surface area contributed by atoms with Gasteiger partial charge in [-0.2, -0.15) is 4.98 Å². The van der Waals surface area contributed by atoms with Crippen molar-refractivity contribution in [1.29, 1.82) is 0 Å². The first-order valence-corrected chi connectivity index (χ1v) is 11.1. The molecule has 1 fully saturated rings. The summed E-state index contributed by atoms with van der Waals surface area (Å²) in [6.45, 7) is 5.33. The van der Waals surface area contributed by atoms with E-state index in [2.05, 4.69) is 19.8 Å². The summed E-state index contributed by atoms with van der Waals surface area (Å²) in [5, 5.41) is 0.965. The fraction of sp³-hybridized carbons (Fsp3) is 0.381. The second kappa shape index (κ2) is 9.33. The standard InChI is InChI=1S/C21H22ClFN4O3S/c1-13-16-18(27-9-7-26(8-10-27)15-5-3-14(23)4-6-15)24-21(22)25-19(16)31-17(13)20(28)30-12-11-29-2/h3-6H,7-12H2,1-2H3. The Morgan fingerprint density at radius 1 is 1.13 bits per heavy atom. The van der Waals surface area contributed by atoms with E-state index in [0.29, 0.717) is 29.4 Å². The summed E-state index contributed by atoms with van der Waals surface area (Å²) in [7, 11) is 1.55. The van der Waals surface area contributed by atoms with E-state index in [9.17, 15) is 9.18 Å². The maximum Gasteiger partial charge on any atom is 0.348 e. The third kappa shape index (κ3) is 4.58. The van der Waals surface area contributed by atoms with Crippen LogP contribution < -0.4 is 9.80 Å². The minimum Gasteiger partial charge on any atom is -0.459 e. The van der Waals surface area contributed by atoms with Gasteiger partial charge in [0.1, 0.15) is 27.9 Å². The number of hydrogen-bond donors (Lipinski definition) is 0. The molecule has 4 rings (SSSR count). The average molecular weight is 465 g/mol. The normalized spacial score (nSPS) is 14.3. The number of anilines is 2. The molecular weight excluding hydrogens is 443 g/mol. The average Bonchev–Trinajstić information content (AvgIpc) is 3.10. The number of carbonyl (C=O) groups is 1. The second-order valence-corrected chi connectivity index (χ2v) is 8.47. The van der Waals surface area contributed by atoms with Crippen molar-refractivity contribution in [1.82, 2.24) is 9.97 Å². The van der Waals surface area contributed by atoms with Crippen LogP contribution in [0.2, 0.25) is 5.28 Å². The summed E-state index contributed by atoms with van der Waals surface area (Å²) < 4.78 is 23.4. The molecule has 0 spiro atoms. The maximum atomic E-state index is 13.2. The molecule has 0 amide bonds. The lowest BCUT2D eigenvalue weighted by atomic mass is 10.1. The zero-order valence-electron chi connectivity index (χ0n) is 17.2. The molecule has 3 heterocycles. The molecular formula is C21H22ClFN4O3S. The highest BCUT2D eigenvalue weighted by molar-refractivity contribution is 7.20. The van der Waals surface area contributed by atoms with Crippen molar-refractivity contribution < 1.29 is 18.7 Å². The van der Waals surface area contributed by atoms with Crippen LogP contribution in [-0.4, -0.2) is 62.4 Å². The van der Waals surface area contributed by atoms with Crippen LogP contribution in [0.25, 0.3) is 10.2 Å². The van der Waals surface area contributed by atoms with Gasteiger partial charge in [-0.1, -0.05) is 0 Å². The Bertz CT molecular complexity index is 1080. The van der Waals surface area contributed by atoms with Crippen molar-refractivity contribution in [3.05, 3.63) is 45.8 Å². The molecule has 31 heavy (non-hydrogen) atoms. The van der Waals surface area contributed by atoms with Gasteiger partial charge in [0.25, 0.3) is 0 Å². The molecule has 0 radical (unpaired) electrons. The number of carbonyl (C=O) groups excluding carboxylic acids is 1. The lowest BCUT2D eigenvalue weighted by Gasteiger charge is -2.37. The Labute approximate surface area is 188 Å². The summed E-state index contributed by atoms with van der Waals surface area (Å²) in [5.74, 6) is 0.0732. The van der Waals surface area contributed by atoms with E-state index in [1.54, 1.807) is 19.2 Å². The number of halogens is 2. The van der Waals surface area contributed by atoms with Crippen LogP contribution in [0.3, 0.4) is 0 Å². The molecule has 0 N–H and O–H groups in total. The number of rotatable bonds is 6. The first-order chi connectivity index (χ1) is 15.0. The first kappa shape index (κ1) is 21.7. The van der Waals surface area contributed by atoms with Crippen molar-refractivity contribution in [3.8, 4) is 0 Å². The number of hydrogen-bond acceptors (Lipinski definition) is 8. The van der Waals surface area contributed by atoms with Crippen LogP contribution in [0, 0.1) is 12.7 Å². The SMILES string of the molecule is COCCOC(=O)c1sc2nc(Cl)nc(N3CCN(c4ccc(F)cc4)CC3)c2c1C. The van der Waals surface area contributed by atoms with E-state index < -0.39 is 5.97 Å². The highest BCUT2D eigenvalue weighted by Crippen LogP contribution is 2.37. The van der Waals surface area contributed by atoms with Crippen molar-refractivity contribution in [2.45, 2.75) is 6.92 Å². The van der Waals surface area contributed by atoms with Crippen molar-refractivity contribution in [3.63, 3.8) is 0 Å². The van der Waals surface area contributed by atoms with Crippen LogP contribution >= 0.6 is 22.9 Å². The summed E-state index contributed by atoms with van der Waals surface area (Å²) in [4.78, 5) is 26.8. The van der Waals surface area contributed by atoms with Gasteiger partial charge in [-0.05, 0) is 48.4 Å². The second-order valence-electron chi connectivity index (χ2n) is 7.13. The minimum absolute atomic E-state index is 0.143. The Morgan fingerprint density at radius 3 is 2.48 bits per heavy atom. The summed E-state index contributed by atoms with van der Waals surface area (Å²) in [6.07, 6.45) is 0. The van der Waals surface area contributed by atoms with E-state index >= 15 is 0 Å². The molecule has 2 aromatic heterocycles. The number of fused-ring (bicyclic) bond motifs is 1. The third-order valence-electron chi connectivity index (χ3n) is 5.22. The predicted molar refractivity (Wildman–Crippen MR) is 120 cm³/mol. The fourth-order valence-electron chi connectivity index (χ4n) is 3.63. The van der Waals surface area contributed by atoms with E-state index in [1.165, 1.54) is 23.5 Å². The van der Waals surface area contributed by atoms with Gasteiger partial charge in [0.15, 0.2) is 0 Å². The quantitative estimate of drug-likeness (QED) is 0.311. The molecule has 0 atom stereocenters. The van der Waals surface area contributed by atoms with Gasteiger partial charge in [-0.25, -0.2) is 14.2 Å². The van der Waals surface area contributed by atoms with Crippen LogP contribution in [0.1, 0.15) is 15.2 Å². The van der Waals surface area contributed by atoms with Crippen LogP contribution in [0.4, 0.5) is 15.9 Å². The minimum atomic E-state index is -0.402. The van der Waals surface area contributed by atoms with E-state index in [-0.39, 0.29) is 17.7 Å². The molecule has 1 aromatic carbocycles. The molecule has 0 aliphatic carbocycles. The first-order valence-electron chi connectivity index (χ1n) is 9.86. The maximum absolute atomic E-state index is 13.2. The number of aryl methyl sites for hydroxylation is 1. The number of aromatic nitrogens is 2. The van der Waals surface area contributed by atoms with Gasteiger partial charge in [0.05, 0.1) is 12.0 Å². The van der Waals surface area contributed by atoms with Crippen LogP contribution in [0.15, 0.2) is 24.3 Å². The molecule has 10 heteroatoms. The molecule has 1 aliphatic rings. The van der Waals surface area contributed by atoms with E-state index in [0.717, 1.165) is 35.5 Å². The van der Waals surface area contributed by atoms with Crippen LogP contribution in [0.5, 0.6) is 0 Å². The number of ether oxygens (including phenoxy) is 2. The number of esters is 1. The van der Waals surface area contributed by atoms with E-state index in [4.69, 9.17) is 21.1 Å². The Hall–Kier alpha value is -2.49. The number of thiophene rings is 1. The molecule has 3 aromatic rings. The van der Waals surface area contributed by atoms with Gasteiger partial charge in [0, 0.05) is 39.0 Å². The van der Waals surface area contributed by atoms with E-state index in [1.807, 2.05) is 6.92 Å². The number of methoxy groups -OCH3 is 1. The molecule has 0 unspecified atom stereocenters. The van der Waals surface area contributed by atoms with Crippen molar-refractivity contribution >= 4 is 50.6 Å². The Balaban J connectivity index is 1.57. The lowest BCUT2D eigenvalue weighted by molar-refractivity contribution is 0.0393. The van der Waals surface area contributed by atoms with Crippen molar-refractivity contribution in [2.24, 2.45) is 0 Å². The van der Waals surface area contributed by atoms with Gasteiger partial charge >= 0.3 is 5.97 Å². The van der Waals surface area contributed by atoms with Crippen LogP contribution in [-0.2, 0) is 9.47 Å².